The van der Waals surface area contributed by atoms with Crippen LogP contribution < -0.4 is 10.6 Å². The minimum Gasteiger partial charge on any atom is -0.392 e. The first-order valence-corrected chi connectivity index (χ1v) is 6.17. The number of aryl methyl sites for hydroxylation is 1. The zero-order valence-corrected chi connectivity index (χ0v) is 12.0. The van der Waals surface area contributed by atoms with Gasteiger partial charge in [-0.1, -0.05) is 6.07 Å². The molecule has 1 saturated heterocycles. The molecule has 0 aliphatic carbocycles. The van der Waals surface area contributed by atoms with Crippen LogP contribution in [0.15, 0.2) is 18.2 Å². The van der Waals surface area contributed by atoms with E-state index in [0.717, 1.165) is 6.07 Å². The van der Waals surface area contributed by atoms with Crippen molar-refractivity contribution >= 4 is 24.0 Å². The standard InChI is InChI=1S/C13H15F3N2O2.ClH/c1-7-2-3-8(4-10(7)13(14,15)16)18-12(20)11-5-9(19)6-17-11;/h2-4,9,11,17,19H,5-6H2,1H3,(H,18,20);1H. The fourth-order valence-corrected chi connectivity index (χ4v) is 2.15. The lowest BCUT2D eigenvalue weighted by molar-refractivity contribution is -0.138. The number of rotatable bonds is 2. The molecule has 8 heteroatoms. The number of carbonyl (C=O) groups is 1. The number of β-amino-alcohol motifs (C(OH)–C–C–N with tert-alkyl or cyclic N) is 1. The molecule has 1 aromatic carbocycles. The van der Waals surface area contributed by atoms with Gasteiger partial charge in [-0.2, -0.15) is 13.2 Å². The van der Waals surface area contributed by atoms with Gasteiger partial charge in [-0.25, -0.2) is 0 Å². The van der Waals surface area contributed by atoms with Gasteiger partial charge < -0.3 is 15.7 Å². The van der Waals surface area contributed by atoms with Gasteiger partial charge in [-0.05, 0) is 31.0 Å². The lowest BCUT2D eigenvalue weighted by Crippen LogP contribution is -2.35. The van der Waals surface area contributed by atoms with Crippen LogP contribution in [0.25, 0.3) is 0 Å². The summed E-state index contributed by atoms with van der Waals surface area (Å²) in [5, 5.41) is 14.5. The Kier molecular flexibility index (Phi) is 5.61. The lowest BCUT2D eigenvalue weighted by atomic mass is 10.1. The minimum absolute atomic E-state index is 0. The third kappa shape index (κ3) is 4.33. The van der Waals surface area contributed by atoms with E-state index >= 15 is 0 Å². The number of anilines is 1. The van der Waals surface area contributed by atoms with E-state index in [9.17, 15) is 23.1 Å². The van der Waals surface area contributed by atoms with Gasteiger partial charge in [0.15, 0.2) is 0 Å². The summed E-state index contributed by atoms with van der Waals surface area (Å²) in [5.74, 6) is -0.446. The maximum Gasteiger partial charge on any atom is 0.416 e. The molecule has 0 aromatic heterocycles. The average Bonchev–Trinajstić information content (AvgIpc) is 2.77. The van der Waals surface area contributed by atoms with Crippen molar-refractivity contribution in [3.05, 3.63) is 29.3 Å². The number of halogens is 4. The molecule has 1 aromatic rings. The lowest BCUT2D eigenvalue weighted by Gasteiger charge is -2.14. The van der Waals surface area contributed by atoms with E-state index in [1.165, 1.54) is 19.1 Å². The highest BCUT2D eigenvalue weighted by Gasteiger charge is 2.33. The SMILES string of the molecule is Cc1ccc(NC(=O)C2CC(O)CN2)cc1C(F)(F)F.Cl. The van der Waals surface area contributed by atoms with Gasteiger partial charge in [0.2, 0.25) is 5.91 Å². The van der Waals surface area contributed by atoms with Crippen molar-refractivity contribution in [1.82, 2.24) is 5.32 Å². The number of benzene rings is 1. The van der Waals surface area contributed by atoms with Gasteiger partial charge >= 0.3 is 6.18 Å². The van der Waals surface area contributed by atoms with Crippen LogP contribution in [0.4, 0.5) is 18.9 Å². The molecular weight excluding hydrogens is 309 g/mol. The van der Waals surface area contributed by atoms with Gasteiger partial charge in [0.1, 0.15) is 0 Å². The van der Waals surface area contributed by atoms with E-state index in [4.69, 9.17) is 0 Å². The summed E-state index contributed by atoms with van der Waals surface area (Å²) < 4.78 is 38.3. The molecule has 0 spiro atoms. The highest BCUT2D eigenvalue weighted by atomic mass is 35.5. The van der Waals surface area contributed by atoms with Crippen molar-refractivity contribution in [3.8, 4) is 0 Å². The summed E-state index contributed by atoms with van der Waals surface area (Å²) in [6.07, 6.45) is -4.80. The van der Waals surface area contributed by atoms with Crippen LogP contribution in [0.5, 0.6) is 0 Å². The molecule has 1 fully saturated rings. The summed E-state index contributed by atoms with van der Waals surface area (Å²) in [6.45, 7) is 1.67. The topological polar surface area (TPSA) is 61.4 Å². The van der Waals surface area contributed by atoms with Crippen molar-refractivity contribution in [3.63, 3.8) is 0 Å². The monoisotopic (exact) mass is 324 g/mol. The zero-order valence-electron chi connectivity index (χ0n) is 11.2. The Hall–Kier alpha value is -1.31. The Morgan fingerprint density at radius 2 is 2.10 bits per heavy atom. The molecule has 0 saturated carbocycles. The highest BCUT2D eigenvalue weighted by molar-refractivity contribution is 5.95. The van der Waals surface area contributed by atoms with E-state index in [1.807, 2.05) is 0 Å². The number of carbonyl (C=O) groups excluding carboxylic acids is 1. The Balaban J connectivity index is 0.00000220. The average molecular weight is 325 g/mol. The third-order valence-corrected chi connectivity index (χ3v) is 3.23. The van der Waals surface area contributed by atoms with Gasteiger partial charge in [0.25, 0.3) is 0 Å². The molecule has 1 aliphatic heterocycles. The molecule has 2 atom stereocenters. The molecule has 2 rings (SSSR count). The van der Waals surface area contributed by atoms with Crippen molar-refractivity contribution in [2.24, 2.45) is 0 Å². The van der Waals surface area contributed by atoms with E-state index in [-0.39, 0.29) is 30.1 Å². The predicted molar refractivity (Wildman–Crippen MR) is 74.5 cm³/mol. The number of amides is 1. The van der Waals surface area contributed by atoms with Crippen LogP contribution in [0.1, 0.15) is 17.5 Å². The smallest absolute Gasteiger partial charge is 0.392 e. The number of hydrogen-bond donors (Lipinski definition) is 3. The fraction of sp³-hybridized carbons (Fsp3) is 0.462. The van der Waals surface area contributed by atoms with Crippen LogP contribution in [0, 0.1) is 6.92 Å². The first-order valence-electron chi connectivity index (χ1n) is 6.17. The van der Waals surface area contributed by atoms with Gasteiger partial charge in [0, 0.05) is 12.2 Å². The van der Waals surface area contributed by atoms with Gasteiger partial charge in [-0.3, -0.25) is 4.79 Å². The quantitative estimate of drug-likeness (QED) is 0.781. The minimum atomic E-state index is -4.45. The Bertz CT molecular complexity index is 523. The van der Waals surface area contributed by atoms with Gasteiger partial charge in [0.05, 0.1) is 17.7 Å². The second-order valence-electron chi connectivity index (χ2n) is 4.87. The molecule has 0 bridgehead atoms. The van der Waals surface area contributed by atoms with Crippen molar-refractivity contribution in [1.29, 1.82) is 0 Å². The molecule has 0 radical (unpaired) electrons. The van der Waals surface area contributed by atoms with Crippen molar-refractivity contribution in [2.75, 3.05) is 11.9 Å². The van der Waals surface area contributed by atoms with Crippen LogP contribution in [0.3, 0.4) is 0 Å². The molecule has 3 N–H and O–H groups in total. The third-order valence-electron chi connectivity index (χ3n) is 3.23. The van der Waals surface area contributed by atoms with E-state index in [2.05, 4.69) is 10.6 Å². The maximum atomic E-state index is 12.8. The summed E-state index contributed by atoms with van der Waals surface area (Å²) >= 11 is 0. The first-order chi connectivity index (χ1) is 9.27. The van der Waals surface area contributed by atoms with Gasteiger partial charge in [-0.15, -0.1) is 12.4 Å². The van der Waals surface area contributed by atoms with E-state index in [1.54, 1.807) is 0 Å². The number of hydrogen-bond acceptors (Lipinski definition) is 3. The Morgan fingerprint density at radius 1 is 1.43 bits per heavy atom. The molecule has 21 heavy (non-hydrogen) atoms. The molecular formula is C13H16ClF3N2O2. The van der Waals surface area contributed by atoms with Crippen LogP contribution in [-0.2, 0) is 11.0 Å². The van der Waals surface area contributed by atoms with Crippen LogP contribution >= 0.6 is 12.4 Å². The Morgan fingerprint density at radius 3 is 2.62 bits per heavy atom. The number of alkyl halides is 3. The summed E-state index contributed by atoms with van der Waals surface area (Å²) in [5.41, 5.74) is -0.573. The summed E-state index contributed by atoms with van der Waals surface area (Å²) in [4.78, 5) is 11.8. The van der Waals surface area contributed by atoms with Crippen LogP contribution in [-0.4, -0.2) is 29.7 Å². The largest absolute Gasteiger partial charge is 0.416 e. The summed E-state index contributed by atoms with van der Waals surface area (Å²) in [7, 11) is 0. The number of nitrogens with one attached hydrogen (secondary N) is 2. The molecule has 1 heterocycles. The molecule has 1 aliphatic rings. The maximum absolute atomic E-state index is 12.8. The van der Waals surface area contributed by atoms with Crippen molar-refractivity contribution in [2.45, 2.75) is 31.7 Å². The summed E-state index contributed by atoms with van der Waals surface area (Å²) in [6, 6.07) is 3.07. The second kappa shape index (κ2) is 6.64. The predicted octanol–water partition coefficient (Wildman–Crippen LogP) is 2.10. The number of aliphatic hydroxyl groups is 1. The molecule has 118 valence electrons. The second-order valence-corrected chi connectivity index (χ2v) is 4.87. The first kappa shape index (κ1) is 17.7. The van der Waals surface area contributed by atoms with Crippen LogP contribution in [0.2, 0.25) is 0 Å². The normalized spacial score (nSPS) is 21.8. The molecule has 2 unspecified atom stereocenters. The number of aliphatic hydroxyl groups excluding tert-OH is 1. The molecule has 4 nitrogen and oxygen atoms in total. The van der Waals surface area contributed by atoms with E-state index in [0.29, 0.717) is 6.54 Å². The Labute approximate surface area is 126 Å². The van der Waals surface area contributed by atoms with E-state index < -0.39 is 29.8 Å². The van der Waals surface area contributed by atoms with Crippen molar-refractivity contribution < 1.29 is 23.1 Å². The zero-order chi connectivity index (χ0) is 14.9. The fourth-order valence-electron chi connectivity index (χ4n) is 2.15. The molecule has 1 amide bonds. The highest BCUT2D eigenvalue weighted by Crippen LogP contribution is 2.33.